The molecular formula is C24H31N3O3. The molecule has 160 valence electrons. The molecule has 30 heavy (non-hydrogen) atoms. The van der Waals surface area contributed by atoms with Gasteiger partial charge in [-0.3, -0.25) is 14.6 Å². The van der Waals surface area contributed by atoms with Gasteiger partial charge in [-0.05, 0) is 17.7 Å². The van der Waals surface area contributed by atoms with Crippen LogP contribution < -0.4 is 14.8 Å². The largest absolute Gasteiger partial charge is 0.493 e. The third-order valence-electron chi connectivity index (χ3n) is 5.06. The van der Waals surface area contributed by atoms with Crippen molar-refractivity contribution >= 4 is 12.0 Å². The van der Waals surface area contributed by atoms with Crippen LogP contribution in [0.5, 0.6) is 11.5 Å². The maximum absolute atomic E-state index is 12.2. The van der Waals surface area contributed by atoms with E-state index in [4.69, 9.17) is 9.47 Å². The lowest BCUT2D eigenvalue weighted by molar-refractivity contribution is -0.122. The van der Waals surface area contributed by atoms with Gasteiger partial charge in [0.25, 0.3) is 0 Å². The second-order valence-corrected chi connectivity index (χ2v) is 7.24. The zero-order chi connectivity index (χ0) is 21.0. The minimum atomic E-state index is 0.0380. The molecule has 6 heteroatoms. The van der Waals surface area contributed by atoms with Crippen LogP contribution in [0.3, 0.4) is 0 Å². The average Bonchev–Trinajstić information content (AvgIpc) is 2.79. The number of para-hydroxylation sites is 2. The number of carbonyl (C=O) groups is 1. The molecule has 1 heterocycles. The van der Waals surface area contributed by atoms with Gasteiger partial charge in [0.1, 0.15) is 6.61 Å². The molecule has 1 aliphatic rings. The van der Waals surface area contributed by atoms with E-state index < -0.39 is 0 Å². The predicted octanol–water partition coefficient (Wildman–Crippen LogP) is 2.52. The number of carbonyl (C=O) groups excluding carboxylic acids is 1. The minimum Gasteiger partial charge on any atom is -0.493 e. The molecule has 0 spiro atoms. The fourth-order valence-corrected chi connectivity index (χ4v) is 3.38. The predicted molar refractivity (Wildman–Crippen MR) is 120 cm³/mol. The van der Waals surface area contributed by atoms with E-state index in [1.54, 1.807) is 7.11 Å². The Morgan fingerprint density at radius 3 is 2.37 bits per heavy atom. The van der Waals surface area contributed by atoms with Crippen molar-refractivity contribution in [1.82, 2.24) is 15.1 Å². The van der Waals surface area contributed by atoms with Gasteiger partial charge in [-0.25, -0.2) is 0 Å². The summed E-state index contributed by atoms with van der Waals surface area (Å²) >= 11 is 0. The first-order chi connectivity index (χ1) is 14.7. The number of rotatable bonds is 10. The van der Waals surface area contributed by atoms with Crippen molar-refractivity contribution in [3.8, 4) is 11.5 Å². The van der Waals surface area contributed by atoms with Crippen molar-refractivity contribution in [3.05, 3.63) is 66.2 Å². The van der Waals surface area contributed by atoms with Gasteiger partial charge >= 0.3 is 0 Å². The smallest absolute Gasteiger partial charge is 0.234 e. The molecule has 0 atom stereocenters. The van der Waals surface area contributed by atoms with E-state index in [0.29, 0.717) is 31.2 Å². The SMILES string of the molecule is COc1ccccc1OCCNC(=O)CN1CCN(C/C=C/c2ccccc2)CC1. The van der Waals surface area contributed by atoms with Gasteiger partial charge in [0, 0.05) is 32.7 Å². The molecule has 0 unspecified atom stereocenters. The van der Waals surface area contributed by atoms with Gasteiger partial charge in [0.2, 0.25) is 5.91 Å². The van der Waals surface area contributed by atoms with Crippen LogP contribution >= 0.6 is 0 Å². The van der Waals surface area contributed by atoms with Gasteiger partial charge in [0.05, 0.1) is 20.2 Å². The molecule has 1 fully saturated rings. The number of nitrogens with zero attached hydrogens (tertiary/aromatic N) is 2. The van der Waals surface area contributed by atoms with Gasteiger partial charge in [-0.1, -0.05) is 54.6 Å². The van der Waals surface area contributed by atoms with E-state index >= 15 is 0 Å². The molecule has 0 radical (unpaired) electrons. The molecule has 1 amide bonds. The molecule has 2 aromatic rings. The Hall–Kier alpha value is -2.83. The van der Waals surface area contributed by atoms with Crippen LogP contribution in [0.15, 0.2) is 60.7 Å². The summed E-state index contributed by atoms with van der Waals surface area (Å²) in [6, 6.07) is 17.8. The van der Waals surface area contributed by atoms with E-state index in [2.05, 4.69) is 39.4 Å². The van der Waals surface area contributed by atoms with Crippen molar-refractivity contribution < 1.29 is 14.3 Å². The minimum absolute atomic E-state index is 0.0380. The molecule has 0 aliphatic carbocycles. The highest BCUT2D eigenvalue weighted by atomic mass is 16.5. The molecule has 6 nitrogen and oxygen atoms in total. The second kappa shape index (κ2) is 12.0. The molecule has 0 saturated carbocycles. The Morgan fingerprint density at radius 1 is 0.967 bits per heavy atom. The van der Waals surface area contributed by atoms with Crippen molar-refractivity contribution in [1.29, 1.82) is 0 Å². The lowest BCUT2D eigenvalue weighted by Crippen LogP contribution is -2.49. The molecule has 1 aliphatic heterocycles. The highest BCUT2D eigenvalue weighted by Gasteiger charge is 2.18. The molecule has 2 aromatic carbocycles. The molecular weight excluding hydrogens is 378 g/mol. The summed E-state index contributed by atoms with van der Waals surface area (Å²) in [4.78, 5) is 16.8. The summed E-state index contributed by atoms with van der Waals surface area (Å²) in [6.07, 6.45) is 4.37. The standard InChI is InChI=1S/C24H31N3O3/c1-29-22-11-5-6-12-23(22)30-19-13-25-24(28)20-27-17-15-26(16-18-27)14-7-10-21-8-3-2-4-9-21/h2-12H,13-20H2,1H3,(H,25,28)/b10-7+. The molecule has 0 bridgehead atoms. The van der Waals surface area contributed by atoms with Crippen molar-refractivity contribution in [2.75, 3.05) is 59.5 Å². The van der Waals surface area contributed by atoms with Gasteiger partial charge in [-0.15, -0.1) is 0 Å². The number of hydrogen-bond acceptors (Lipinski definition) is 5. The fraction of sp³-hybridized carbons (Fsp3) is 0.375. The Kier molecular flexibility index (Phi) is 8.75. The van der Waals surface area contributed by atoms with Crippen molar-refractivity contribution in [3.63, 3.8) is 0 Å². The van der Waals surface area contributed by atoms with E-state index in [-0.39, 0.29) is 5.91 Å². The van der Waals surface area contributed by atoms with E-state index in [1.807, 2.05) is 42.5 Å². The number of ether oxygens (including phenoxy) is 2. The van der Waals surface area contributed by atoms with Crippen LogP contribution in [0.1, 0.15) is 5.56 Å². The van der Waals surface area contributed by atoms with Crippen LogP contribution in [0.4, 0.5) is 0 Å². The zero-order valence-corrected chi connectivity index (χ0v) is 17.6. The van der Waals surface area contributed by atoms with Crippen LogP contribution in [0.2, 0.25) is 0 Å². The van der Waals surface area contributed by atoms with Crippen LogP contribution in [-0.2, 0) is 4.79 Å². The normalized spacial score (nSPS) is 15.2. The molecule has 1 N–H and O–H groups in total. The topological polar surface area (TPSA) is 54.0 Å². The van der Waals surface area contributed by atoms with Crippen LogP contribution in [0.25, 0.3) is 6.08 Å². The summed E-state index contributed by atoms with van der Waals surface area (Å²) in [6.45, 7) is 6.02. The Balaban J connectivity index is 1.28. The number of amides is 1. The molecule has 3 rings (SSSR count). The van der Waals surface area contributed by atoms with Gasteiger partial charge in [0.15, 0.2) is 11.5 Å². The van der Waals surface area contributed by atoms with Gasteiger partial charge < -0.3 is 14.8 Å². The number of nitrogens with one attached hydrogen (secondary N) is 1. The third kappa shape index (κ3) is 7.21. The number of methoxy groups -OCH3 is 1. The highest BCUT2D eigenvalue weighted by Crippen LogP contribution is 2.25. The maximum atomic E-state index is 12.2. The Bertz CT molecular complexity index is 802. The Labute approximate surface area is 179 Å². The van der Waals surface area contributed by atoms with Crippen molar-refractivity contribution in [2.45, 2.75) is 0 Å². The first kappa shape index (κ1) is 21.9. The van der Waals surface area contributed by atoms with Crippen LogP contribution in [0, 0.1) is 0 Å². The first-order valence-corrected chi connectivity index (χ1v) is 10.4. The van der Waals surface area contributed by atoms with E-state index in [1.165, 1.54) is 5.56 Å². The summed E-state index contributed by atoms with van der Waals surface area (Å²) < 4.78 is 10.9. The lowest BCUT2D eigenvalue weighted by atomic mass is 10.2. The second-order valence-electron chi connectivity index (χ2n) is 7.24. The van der Waals surface area contributed by atoms with Gasteiger partial charge in [-0.2, -0.15) is 0 Å². The van der Waals surface area contributed by atoms with E-state index in [0.717, 1.165) is 32.7 Å². The summed E-state index contributed by atoms with van der Waals surface area (Å²) in [7, 11) is 1.61. The number of benzene rings is 2. The van der Waals surface area contributed by atoms with Crippen molar-refractivity contribution in [2.24, 2.45) is 0 Å². The monoisotopic (exact) mass is 409 g/mol. The number of piperazine rings is 1. The molecule has 0 aromatic heterocycles. The first-order valence-electron chi connectivity index (χ1n) is 10.4. The molecule has 1 saturated heterocycles. The Morgan fingerprint density at radius 2 is 1.63 bits per heavy atom. The fourth-order valence-electron chi connectivity index (χ4n) is 3.38. The van der Waals surface area contributed by atoms with Crippen LogP contribution in [-0.4, -0.2) is 75.2 Å². The number of hydrogen-bond donors (Lipinski definition) is 1. The maximum Gasteiger partial charge on any atom is 0.234 e. The average molecular weight is 410 g/mol. The quantitative estimate of drug-likeness (QED) is 0.611. The summed E-state index contributed by atoms with van der Waals surface area (Å²) in [5.74, 6) is 1.42. The summed E-state index contributed by atoms with van der Waals surface area (Å²) in [5, 5.41) is 2.93. The summed E-state index contributed by atoms with van der Waals surface area (Å²) in [5.41, 5.74) is 1.22. The highest BCUT2D eigenvalue weighted by molar-refractivity contribution is 5.78. The third-order valence-corrected chi connectivity index (χ3v) is 5.06. The zero-order valence-electron chi connectivity index (χ0n) is 17.6. The van der Waals surface area contributed by atoms with E-state index in [9.17, 15) is 4.79 Å². The lowest BCUT2D eigenvalue weighted by Gasteiger charge is -2.33.